The number of ether oxygens (including phenoxy) is 2. The van der Waals surface area contributed by atoms with Crippen LogP contribution in [0.3, 0.4) is 0 Å². The van der Waals surface area contributed by atoms with Crippen LogP contribution in [0.25, 0.3) is 33.6 Å². The molecule has 0 fully saturated rings. The van der Waals surface area contributed by atoms with Gasteiger partial charge in [0.15, 0.2) is 13.2 Å². The van der Waals surface area contributed by atoms with Crippen LogP contribution in [0.15, 0.2) is 146 Å². The first-order chi connectivity index (χ1) is 23.9. The minimum Gasteiger partial charge on any atom is -0.482 e. The molecule has 0 bridgehead atoms. The van der Waals surface area contributed by atoms with Crippen LogP contribution in [0, 0.1) is 0 Å². The first-order valence-electron chi connectivity index (χ1n) is 15.9. The van der Waals surface area contributed by atoms with Crippen molar-refractivity contribution in [1.29, 1.82) is 0 Å². The summed E-state index contributed by atoms with van der Waals surface area (Å²) in [6, 6.07) is 47.1. The zero-order chi connectivity index (χ0) is 34.6. The fourth-order valence-corrected chi connectivity index (χ4v) is 5.13. The first-order valence-corrected chi connectivity index (χ1v) is 15.9. The lowest BCUT2D eigenvalue weighted by Crippen LogP contribution is -2.09. The van der Waals surface area contributed by atoms with Gasteiger partial charge in [0.25, 0.3) is 0 Å². The molecule has 0 saturated carbocycles. The molecule has 0 radical (unpaired) electrons. The van der Waals surface area contributed by atoms with Crippen molar-refractivity contribution in [3.63, 3.8) is 0 Å². The van der Waals surface area contributed by atoms with Gasteiger partial charge in [-0.1, -0.05) is 62.4 Å². The van der Waals surface area contributed by atoms with Gasteiger partial charge < -0.3 is 24.6 Å². The fraction of sp³-hybridized carbons (Fsp3) is 0.0976. The number of carboxylic acid groups (broad SMARTS) is 2. The highest BCUT2D eigenvalue weighted by Gasteiger charge is 2.14. The third-order valence-electron chi connectivity index (χ3n) is 7.34. The number of pyridine rings is 1. The summed E-state index contributed by atoms with van der Waals surface area (Å²) < 4.78 is 10.6. The molecule has 6 aromatic rings. The SMILES string of the molecule is CC.Cl.O=C(O)COc1ccc(-c2cc(-c3ccc(N(c4ccccc4)c4ccccc4)cc3)cc(-c3ccc(OCC(=O)O)cc3)n2)cc1. The Morgan fingerprint density at radius 3 is 1.26 bits per heavy atom. The van der Waals surface area contributed by atoms with E-state index < -0.39 is 25.2 Å². The first kappa shape index (κ1) is 36.7. The average molecular weight is 689 g/mol. The van der Waals surface area contributed by atoms with Crippen LogP contribution in [-0.4, -0.2) is 40.3 Å². The van der Waals surface area contributed by atoms with Crippen molar-refractivity contribution in [3.8, 4) is 45.1 Å². The van der Waals surface area contributed by atoms with Gasteiger partial charge in [-0.05, 0) is 108 Å². The molecular formula is C41H37ClN2O6. The molecule has 0 amide bonds. The molecule has 6 rings (SSSR count). The highest BCUT2D eigenvalue weighted by Crippen LogP contribution is 2.37. The van der Waals surface area contributed by atoms with Crippen molar-refractivity contribution in [2.24, 2.45) is 0 Å². The molecule has 50 heavy (non-hydrogen) atoms. The van der Waals surface area contributed by atoms with Crippen molar-refractivity contribution in [3.05, 3.63) is 146 Å². The number of hydrogen-bond donors (Lipinski definition) is 2. The van der Waals surface area contributed by atoms with E-state index in [0.717, 1.165) is 39.3 Å². The number of para-hydroxylation sites is 2. The number of carbonyl (C=O) groups is 2. The Balaban J connectivity index is 0.00000184. The van der Waals surface area contributed by atoms with Gasteiger partial charge in [-0.2, -0.15) is 0 Å². The minimum atomic E-state index is -1.05. The number of hydrogen-bond acceptors (Lipinski definition) is 6. The number of rotatable bonds is 12. The molecule has 0 spiro atoms. The van der Waals surface area contributed by atoms with Crippen LogP contribution < -0.4 is 14.4 Å². The van der Waals surface area contributed by atoms with Crippen molar-refractivity contribution in [2.75, 3.05) is 18.1 Å². The summed E-state index contributed by atoms with van der Waals surface area (Å²) in [7, 11) is 0. The monoisotopic (exact) mass is 688 g/mol. The quantitative estimate of drug-likeness (QED) is 0.131. The van der Waals surface area contributed by atoms with E-state index in [1.54, 1.807) is 24.3 Å². The number of carboxylic acids is 2. The lowest BCUT2D eigenvalue weighted by Gasteiger charge is -2.25. The van der Waals surface area contributed by atoms with Gasteiger partial charge in [-0.3, -0.25) is 0 Å². The molecule has 0 unspecified atom stereocenters. The number of halogens is 1. The smallest absolute Gasteiger partial charge is 0.341 e. The van der Waals surface area contributed by atoms with E-state index in [2.05, 4.69) is 53.4 Å². The summed E-state index contributed by atoms with van der Waals surface area (Å²) >= 11 is 0. The van der Waals surface area contributed by atoms with Gasteiger partial charge in [-0.25, -0.2) is 14.6 Å². The summed E-state index contributed by atoms with van der Waals surface area (Å²) in [6.07, 6.45) is 0. The Bertz CT molecular complexity index is 1850. The number of aromatic nitrogens is 1. The molecule has 0 aliphatic rings. The standard InChI is InChI=1S/C39H30N2O6.C2H6.ClH/c42-38(43)25-46-34-19-13-28(14-20-34)36-23-30(24-37(40-36)29-15-21-35(22-16-29)47-26-39(44)45)27-11-17-33(18-12-27)41(31-7-3-1-4-8-31)32-9-5-2-6-10-32;1-2;/h1-24H,25-26H2,(H,42,43)(H,44,45);1-2H3;1H. The fourth-order valence-electron chi connectivity index (χ4n) is 5.13. The topological polar surface area (TPSA) is 109 Å². The molecule has 0 atom stereocenters. The van der Waals surface area contributed by atoms with Crippen molar-refractivity contribution in [2.45, 2.75) is 13.8 Å². The van der Waals surface area contributed by atoms with Gasteiger partial charge in [-0.15, -0.1) is 12.4 Å². The molecule has 5 aromatic carbocycles. The molecule has 8 nitrogen and oxygen atoms in total. The Labute approximate surface area is 297 Å². The summed E-state index contributed by atoms with van der Waals surface area (Å²) in [4.78, 5) is 29.0. The lowest BCUT2D eigenvalue weighted by molar-refractivity contribution is -0.140. The highest BCUT2D eigenvalue weighted by atomic mass is 35.5. The van der Waals surface area contributed by atoms with Crippen LogP contribution in [0.1, 0.15) is 13.8 Å². The molecule has 1 heterocycles. The van der Waals surface area contributed by atoms with Crippen molar-refractivity contribution in [1.82, 2.24) is 4.98 Å². The van der Waals surface area contributed by atoms with Crippen LogP contribution in [-0.2, 0) is 9.59 Å². The van der Waals surface area contributed by atoms with Crippen LogP contribution in [0.2, 0.25) is 0 Å². The number of benzene rings is 5. The van der Waals surface area contributed by atoms with E-state index in [1.165, 1.54) is 0 Å². The summed E-state index contributed by atoms with van der Waals surface area (Å²) in [5.74, 6) is -1.20. The van der Waals surface area contributed by atoms with Crippen LogP contribution in [0.4, 0.5) is 17.1 Å². The lowest BCUT2D eigenvalue weighted by atomic mass is 9.99. The van der Waals surface area contributed by atoms with Crippen LogP contribution in [0.5, 0.6) is 11.5 Å². The minimum absolute atomic E-state index is 0. The number of nitrogens with zero attached hydrogens (tertiary/aromatic N) is 2. The van der Waals surface area contributed by atoms with E-state index in [9.17, 15) is 9.59 Å². The molecular weight excluding hydrogens is 652 g/mol. The second kappa shape index (κ2) is 17.9. The highest BCUT2D eigenvalue weighted by molar-refractivity contribution is 5.85. The number of aliphatic carboxylic acids is 2. The van der Waals surface area contributed by atoms with Crippen molar-refractivity contribution < 1.29 is 29.3 Å². The van der Waals surface area contributed by atoms with Gasteiger partial charge in [0.2, 0.25) is 0 Å². The Kier molecular flexibility index (Phi) is 13.1. The van der Waals surface area contributed by atoms with Crippen molar-refractivity contribution >= 4 is 41.4 Å². The molecule has 254 valence electrons. The normalized spacial score (nSPS) is 10.1. The summed E-state index contributed by atoms with van der Waals surface area (Å²) in [5, 5.41) is 17.9. The van der Waals surface area contributed by atoms with Gasteiger partial charge in [0.05, 0.1) is 11.4 Å². The Morgan fingerprint density at radius 2 is 0.880 bits per heavy atom. The van der Waals surface area contributed by atoms with Crippen LogP contribution >= 0.6 is 12.4 Å². The summed E-state index contributed by atoms with van der Waals surface area (Å²) in [5.41, 5.74) is 8.12. The molecule has 0 aliphatic heterocycles. The van der Waals surface area contributed by atoms with Gasteiger partial charge >= 0.3 is 11.9 Å². The Hall–Kier alpha value is -6.12. The third kappa shape index (κ3) is 9.49. The molecule has 0 saturated heterocycles. The molecule has 9 heteroatoms. The van der Waals surface area contributed by atoms with E-state index in [1.807, 2.05) is 86.6 Å². The maximum Gasteiger partial charge on any atom is 0.341 e. The second-order valence-corrected chi connectivity index (χ2v) is 10.6. The zero-order valence-corrected chi connectivity index (χ0v) is 28.4. The predicted octanol–water partition coefficient (Wildman–Crippen LogP) is 9.93. The van der Waals surface area contributed by atoms with E-state index in [4.69, 9.17) is 24.7 Å². The molecule has 2 N–H and O–H groups in total. The maximum atomic E-state index is 10.9. The van der Waals surface area contributed by atoms with Gasteiger partial charge in [0.1, 0.15) is 11.5 Å². The number of anilines is 3. The largest absolute Gasteiger partial charge is 0.482 e. The predicted molar refractivity (Wildman–Crippen MR) is 200 cm³/mol. The van der Waals surface area contributed by atoms with Gasteiger partial charge in [0, 0.05) is 28.2 Å². The van der Waals surface area contributed by atoms with E-state index >= 15 is 0 Å². The maximum absolute atomic E-state index is 10.9. The summed E-state index contributed by atoms with van der Waals surface area (Å²) in [6.45, 7) is 3.15. The Morgan fingerprint density at radius 1 is 0.520 bits per heavy atom. The zero-order valence-electron chi connectivity index (χ0n) is 27.6. The second-order valence-electron chi connectivity index (χ2n) is 10.6. The van der Waals surface area contributed by atoms with E-state index in [0.29, 0.717) is 22.9 Å². The molecule has 0 aliphatic carbocycles. The molecule has 1 aromatic heterocycles. The van der Waals surface area contributed by atoms with E-state index in [-0.39, 0.29) is 12.4 Å². The average Bonchev–Trinajstić information content (AvgIpc) is 3.15. The third-order valence-corrected chi connectivity index (χ3v) is 7.34.